The smallest absolute Gasteiger partial charge is 0.225 e. The summed E-state index contributed by atoms with van der Waals surface area (Å²) in [5.74, 6) is 1.75. The second-order valence-corrected chi connectivity index (χ2v) is 8.08. The van der Waals surface area contributed by atoms with E-state index in [2.05, 4.69) is 86.5 Å². The summed E-state index contributed by atoms with van der Waals surface area (Å²) in [7, 11) is 1.85. The molecule has 0 amide bonds. The number of rotatable bonds is 6. The Kier molecular flexibility index (Phi) is 9.29. The van der Waals surface area contributed by atoms with Crippen LogP contribution in [0.4, 0.5) is 5.95 Å². The Morgan fingerprint density at radius 1 is 1.07 bits per heavy atom. The summed E-state index contributed by atoms with van der Waals surface area (Å²) in [5.41, 5.74) is 1.22. The highest BCUT2D eigenvalue weighted by Crippen LogP contribution is 2.16. The van der Waals surface area contributed by atoms with Gasteiger partial charge < -0.3 is 20.4 Å². The maximum Gasteiger partial charge on any atom is 0.225 e. The first-order valence-electron chi connectivity index (χ1n) is 10.3. The van der Waals surface area contributed by atoms with E-state index in [-0.39, 0.29) is 35.6 Å². The van der Waals surface area contributed by atoms with E-state index < -0.39 is 0 Å². The average Bonchev–Trinajstić information content (AvgIpc) is 2.75. The van der Waals surface area contributed by atoms with E-state index in [9.17, 15) is 0 Å². The van der Waals surface area contributed by atoms with Crippen LogP contribution in [0.2, 0.25) is 0 Å². The van der Waals surface area contributed by atoms with E-state index in [4.69, 9.17) is 0 Å². The van der Waals surface area contributed by atoms with E-state index in [1.54, 1.807) is 12.4 Å². The summed E-state index contributed by atoms with van der Waals surface area (Å²) >= 11 is 0. The van der Waals surface area contributed by atoms with Crippen LogP contribution >= 0.6 is 24.0 Å². The minimum Gasteiger partial charge on any atom is -0.354 e. The zero-order chi connectivity index (χ0) is 20.7. The van der Waals surface area contributed by atoms with E-state index in [0.717, 1.165) is 44.6 Å². The molecule has 2 N–H and O–H groups in total. The number of nitrogens with zero attached hydrogens (tertiary/aromatic N) is 5. The van der Waals surface area contributed by atoms with Crippen molar-refractivity contribution < 1.29 is 0 Å². The van der Waals surface area contributed by atoms with Crippen molar-refractivity contribution in [2.45, 2.75) is 32.4 Å². The molecule has 0 aliphatic carbocycles. The number of aliphatic imine (C=N–C) groups is 1. The van der Waals surface area contributed by atoms with Crippen LogP contribution in [-0.4, -0.2) is 66.1 Å². The fourth-order valence-corrected chi connectivity index (χ4v) is 3.67. The Balaban J connectivity index is 0.00000320. The number of guanidine groups is 1. The monoisotopic (exact) mass is 523 g/mol. The van der Waals surface area contributed by atoms with Crippen LogP contribution < -0.4 is 15.5 Å². The second kappa shape index (κ2) is 11.5. The van der Waals surface area contributed by atoms with E-state index in [1.807, 2.05) is 13.1 Å². The SMILES string of the molecule is CN=C(NCC(C)(C)NC(C)c1ccccc1)N1CCN(c2ncccn2)CC1.I. The number of halogens is 1. The average molecular weight is 523 g/mol. The Labute approximate surface area is 197 Å². The Hall–Kier alpha value is -1.94. The number of hydrogen-bond acceptors (Lipinski definition) is 5. The van der Waals surface area contributed by atoms with Gasteiger partial charge in [-0.3, -0.25) is 4.99 Å². The molecule has 1 aliphatic heterocycles. The molecule has 1 fully saturated rings. The number of anilines is 1. The molecule has 30 heavy (non-hydrogen) atoms. The zero-order valence-corrected chi connectivity index (χ0v) is 20.7. The van der Waals surface area contributed by atoms with Gasteiger partial charge in [0.05, 0.1) is 0 Å². The summed E-state index contributed by atoms with van der Waals surface area (Å²) in [4.78, 5) is 17.7. The highest BCUT2D eigenvalue weighted by atomic mass is 127. The molecular formula is C22H34IN7. The van der Waals surface area contributed by atoms with Crippen molar-refractivity contribution in [1.82, 2.24) is 25.5 Å². The second-order valence-electron chi connectivity index (χ2n) is 8.08. The van der Waals surface area contributed by atoms with E-state index in [1.165, 1.54) is 5.56 Å². The Bertz CT molecular complexity index is 775. The summed E-state index contributed by atoms with van der Waals surface area (Å²) in [6.07, 6.45) is 3.58. The van der Waals surface area contributed by atoms with Crippen LogP contribution in [0.3, 0.4) is 0 Å². The first-order valence-corrected chi connectivity index (χ1v) is 10.3. The van der Waals surface area contributed by atoms with Crippen molar-refractivity contribution in [2.24, 2.45) is 4.99 Å². The van der Waals surface area contributed by atoms with Gasteiger partial charge in [-0.15, -0.1) is 24.0 Å². The summed E-state index contributed by atoms with van der Waals surface area (Å²) in [5, 5.41) is 7.28. The van der Waals surface area contributed by atoms with Gasteiger partial charge in [-0.2, -0.15) is 0 Å². The van der Waals surface area contributed by atoms with Crippen LogP contribution in [0.1, 0.15) is 32.4 Å². The van der Waals surface area contributed by atoms with Crippen molar-refractivity contribution >= 4 is 35.9 Å². The lowest BCUT2D eigenvalue weighted by molar-refractivity contribution is 0.328. The molecular weight excluding hydrogens is 489 g/mol. The third-order valence-electron chi connectivity index (χ3n) is 5.22. The predicted molar refractivity (Wildman–Crippen MR) is 135 cm³/mol. The van der Waals surface area contributed by atoms with Gasteiger partial charge in [0.15, 0.2) is 5.96 Å². The maximum absolute atomic E-state index is 4.50. The minimum atomic E-state index is -0.0785. The van der Waals surface area contributed by atoms with Gasteiger partial charge in [-0.25, -0.2) is 9.97 Å². The van der Waals surface area contributed by atoms with Crippen LogP contribution in [-0.2, 0) is 0 Å². The van der Waals surface area contributed by atoms with Crippen LogP contribution in [0.25, 0.3) is 0 Å². The minimum absolute atomic E-state index is 0. The summed E-state index contributed by atoms with van der Waals surface area (Å²) in [6, 6.07) is 12.7. The summed E-state index contributed by atoms with van der Waals surface area (Å²) in [6.45, 7) is 11.0. The summed E-state index contributed by atoms with van der Waals surface area (Å²) < 4.78 is 0. The fraction of sp³-hybridized carbons (Fsp3) is 0.500. The maximum atomic E-state index is 4.50. The van der Waals surface area contributed by atoms with Gasteiger partial charge >= 0.3 is 0 Å². The van der Waals surface area contributed by atoms with Gasteiger partial charge in [-0.1, -0.05) is 30.3 Å². The molecule has 1 atom stereocenters. The topological polar surface area (TPSA) is 68.7 Å². The molecule has 164 valence electrons. The number of nitrogens with one attached hydrogen (secondary N) is 2. The molecule has 1 aliphatic rings. The lowest BCUT2D eigenvalue weighted by Crippen LogP contribution is -2.56. The number of benzene rings is 1. The molecule has 0 spiro atoms. The van der Waals surface area contributed by atoms with Crippen LogP contribution in [0, 0.1) is 0 Å². The molecule has 2 aromatic rings. The zero-order valence-electron chi connectivity index (χ0n) is 18.4. The first-order chi connectivity index (χ1) is 14.0. The molecule has 1 unspecified atom stereocenters. The van der Waals surface area contributed by atoms with E-state index >= 15 is 0 Å². The lowest BCUT2D eigenvalue weighted by atomic mass is 10.0. The molecule has 0 radical (unpaired) electrons. The quantitative estimate of drug-likeness (QED) is 0.345. The largest absolute Gasteiger partial charge is 0.354 e. The highest BCUT2D eigenvalue weighted by Gasteiger charge is 2.24. The third-order valence-corrected chi connectivity index (χ3v) is 5.22. The standard InChI is InChI=1S/C22H33N7.HI/c1-18(19-9-6-5-7-10-19)27-22(2,3)17-26-20(23-4)28-13-15-29(16-14-28)21-24-11-8-12-25-21;/h5-12,18,27H,13-17H2,1-4H3,(H,23,26);1H. The molecule has 2 heterocycles. The Morgan fingerprint density at radius 3 is 2.30 bits per heavy atom. The van der Waals surface area contributed by atoms with Crippen molar-refractivity contribution in [3.8, 4) is 0 Å². The van der Waals surface area contributed by atoms with Crippen molar-refractivity contribution in [2.75, 3.05) is 44.7 Å². The third kappa shape index (κ3) is 6.80. The first kappa shape index (κ1) is 24.3. The predicted octanol–water partition coefficient (Wildman–Crippen LogP) is 2.92. The molecule has 1 aromatic heterocycles. The Morgan fingerprint density at radius 2 is 1.70 bits per heavy atom. The molecule has 0 bridgehead atoms. The molecule has 7 nitrogen and oxygen atoms in total. The highest BCUT2D eigenvalue weighted by molar-refractivity contribution is 14.0. The molecule has 1 aromatic carbocycles. The fourth-order valence-electron chi connectivity index (χ4n) is 3.67. The van der Waals surface area contributed by atoms with Crippen molar-refractivity contribution in [3.63, 3.8) is 0 Å². The molecule has 0 saturated carbocycles. The van der Waals surface area contributed by atoms with Gasteiger partial charge in [0.25, 0.3) is 0 Å². The van der Waals surface area contributed by atoms with Gasteiger partial charge in [0.2, 0.25) is 5.95 Å². The number of piperazine rings is 1. The number of aromatic nitrogens is 2. The molecule has 8 heteroatoms. The van der Waals surface area contributed by atoms with Crippen molar-refractivity contribution in [3.05, 3.63) is 54.4 Å². The van der Waals surface area contributed by atoms with Crippen LogP contribution in [0.15, 0.2) is 53.8 Å². The van der Waals surface area contributed by atoms with Crippen LogP contribution in [0.5, 0.6) is 0 Å². The lowest BCUT2D eigenvalue weighted by Gasteiger charge is -2.38. The van der Waals surface area contributed by atoms with Gasteiger partial charge in [0.1, 0.15) is 0 Å². The molecule has 1 saturated heterocycles. The van der Waals surface area contributed by atoms with Gasteiger partial charge in [-0.05, 0) is 32.4 Å². The van der Waals surface area contributed by atoms with Gasteiger partial charge in [0, 0.05) is 63.7 Å². The van der Waals surface area contributed by atoms with Crippen molar-refractivity contribution in [1.29, 1.82) is 0 Å². The van der Waals surface area contributed by atoms with E-state index in [0.29, 0.717) is 0 Å². The number of hydrogen-bond donors (Lipinski definition) is 2. The molecule has 3 rings (SSSR count). The normalized spacial score (nSPS) is 16.1.